The van der Waals surface area contributed by atoms with Crippen molar-refractivity contribution in [1.29, 1.82) is 0 Å². The number of para-hydroxylation sites is 1. The Morgan fingerprint density at radius 3 is 2.44 bits per heavy atom. The Labute approximate surface area is 210 Å². The summed E-state index contributed by atoms with van der Waals surface area (Å²) in [4.78, 5) is 36.3. The second-order valence-electron chi connectivity index (χ2n) is 8.15. The fraction of sp³-hybridized carbons (Fsp3) is 0.0714. The van der Waals surface area contributed by atoms with Gasteiger partial charge in [0.25, 0.3) is 5.56 Å². The maximum atomic E-state index is 13.6. The number of hydrogen-bond donors (Lipinski definition) is 1. The summed E-state index contributed by atoms with van der Waals surface area (Å²) >= 11 is 1.15. The molecule has 5 rings (SSSR count). The van der Waals surface area contributed by atoms with E-state index in [0.717, 1.165) is 22.9 Å². The first-order chi connectivity index (χ1) is 17.5. The van der Waals surface area contributed by atoms with Gasteiger partial charge in [-0.1, -0.05) is 54.2 Å². The van der Waals surface area contributed by atoms with Crippen LogP contribution in [0.3, 0.4) is 0 Å². The summed E-state index contributed by atoms with van der Waals surface area (Å²) in [6.07, 6.45) is 1.64. The molecule has 0 fully saturated rings. The van der Waals surface area contributed by atoms with Crippen LogP contribution in [0.2, 0.25) is 0 Å². The predicted octanol–water partition coefficient (Wildman–Crippen LogP) is 5.70. The first-order valence-corrected chi connectivity index (χ1v) is 12.1. The Morgan fingerprint density at radius 2 is 1.69 bits per heavy atom. The summed E-state index contributed by atoms with van der Waals surface area (Å²) in [5, 5.41) is 2.89. The van der Waals surface area contributed by atoms with Gasteiger partial charge in [-0.2, -0.15) is 0 Å². The van der Waals surface area contributed by atoms with Gasteiger partial charge >= 0.3 is 0 Å². The van der Waals surface area contributed by atoms with Gasteiger partial charge in [0.15, 0.2) is 5.16 Å². The zero-order chi connectivity index (χ0) is 25.1. The molecule has 0 saturated carbocycles. The Hall–Kier alpha value is -4.30. The van der Waals surface area contributed by atoms with E-state index in [4.69, 9.17) is 4.98 Å². The molecule has 0 aliphatic rings. The van der Waals surface area contributed by atoms with Crippen molar-refractivity contribution in [3.8, 4) is 5.82 Å². The number of anilines is 1. The zero-order valence-electron chi connectivity index (χ0n) is 19.3. The molecule has 6 nitrogen and oxygen atoms in total. The number of hydrogen-bond acceptors (Lipinski definition) is 5. The van der Waals surface area contributed by atoms with Gasteiger partial charge < -0.3 is 5.32 Å². The van der Waals surface area contributed by atoms with Crippen molar-refractivity contribution in [2.24, 2.45) is 0 Å². The third-order valence-corrected chi connectivity index (χ3v) is 6.76. The molecule has 0 saturated heterocycles. The van der Waals surface area contributed by atoms with E-state index in [-0.39, 0.29) is 11.5 Å². The average molecular weight is 497 g/mol. The standard InChI is InChI=1S/C28H21FN4O2S/c1-18-15-16-30-24(17-18)33-27(35)22-9-5-6-10-23(22)32-28(33)36-25(19-7-3-2-4-8-19)26(34)31-21-13-11-20(29)12-14-21/h2-17,25H,1H3,(H,31,34). The van der Waals surface area contributed by atoms with E-state index in [0.29, 0.717) is 27.6 Å². The SMILES string of the molecule is Cc1ccnc(-n2c(SC(C(=O)Nc3ccc(F)cc3)c3ccccc3)nc3ccccc3c2=O)c1. The molecule has 36 heavy (non-hydrogen) atoms. The topological polar surface area (TPSA) is 76.9 Å². The minimum Gasteiger partial charge on any atom is -0.325 e. The van der Waals surface area contributed by atoms with Gasteiger partial charge in [-0.15, -0.1) is 0 Å². The normalized spacial score (nSPS) is 11.8. The third kappa shape index (κ3) is 4.89. The molecule has 0 radical (unpaired) electrons. The lowest BCUT2D eigenvalue weighted by molar-refractivity contribution is -0.115. The number of aromatic nitrogens is 3. The molecular weight excluding hydrogens is 475 g/mol. The van der Waals surface area contributed by atoms with E-state index in [1.54, 1.807) is 30.5 Å². The highest BCUT2D eigenvalue weighted by Crippen LogP contribution is 2.36. The molecule has 0 bridgehead atoms. The van der Waals surface area contributed by atoms with Crippen molar-refractivity contribution >= 4 is 34.3 Å². The smallest absolute Gasteiger partial charge is 0.267 e. The van der Waals surface area contributed by atoms with Crippen LogP contribution in [-0.2, 0) is 4.79 Å². The highest BCUT2D eigenvalue weighted by Gasteiger charge is 2.26. The van der Waals surface area contributed by atoms with Gasteiger partial charge in [0.1, 0.15) is 16.9 Å². The Morgan fingerprint density at radius 1 is 0.972 bits per heavy atom. The van der Waals surface area contributed by atoms with Gasteiger partial charge in [0, 0.05) is 11.9 Å². The van der Waals surface area contributed by atoms with Crippen LogP contribution in [0.1, 0.15) is 16.4 Å². The number of rotatable bonds is 6. The van der Waals surface area contributed by atoms with Crippen LogP contribution in [-0.4, -0.2) is 20.4 Å². The Balaban J connectivity index is 1.63. The fourth-order valence-electron chi connectivity index (χ4n) is 3.78. The summed E-state index contributed by atoms with van der Waals surface area (Å²) in [6, 6.07) is 25.6. The molecule has 1 unspecified atom stereocenters. The third-order valence-electron chi connectivity index (χ3n) is 5.55. The van der Waals surface area contributed by atoms with Crippen LogP contribution in [0.25, 0.3) is 16.7 Å². The molecule has 1 N–H and O–H groups in total. The summed E-state index contributed by atoms with van der Waals surface area (Å²) in [5.74, 6) is -0.299. The number of carbonyl (C=O) groups excluding carboxylic acids is 1. The number of thioether (sulfide) groups is 1. The molecule has 1 amide bonds. The van der Waals surface area contributed by atoms with Gasteiger partial charge in [-0.3, -0.25) is 9.59 Å². The first-order valence-electron chi connectivity index (χ1n) is 11.2. The molecule has 0 aliphatic carbocycles. The summed E-state index contributed by atoms with van der Waals surface area (Å²) < 4.78 is 14.8. The minimum absolute atomic E-state index is 0.271. The lowest BCUT2D eigenvalue weighted by Gasteiger charge is -2.19. The van der Waals surface area contributed by atoms with E-state index in [2.05, 4.69) is 10.3 Å². The van der Waals surface area contributed by atoms with Crippen molar-refractivity contribution in [2.45, 2.75) is 17.3 Å². The van der Waals surface area contributed by atoms with Crippen LogP contribution in [0.15, 0.2) is 107 Å². The molecule has 2 heterocycles. The van der Waals surface area contributed by atoms with Gasteiger partial charge in [0.2, 0.25) is 5.91 Å². The number of pyridine rings is 1. The van der Waals surface area contributed by atoms with Crippen molar-refractivity contribution in [2.75, 3.05) is 5.32 Å². The molecular formula is C28H21FN4O2S. The van der Waals surface area contributed by atoms with Gasteiger partial charge in [-0.05, 0) is 66.6 Å². The van der Waals surface area contributed by atoms with Crippen molar-refractivity contribution in [3.05, 3.63) is 124 Å². The van der Waals surface area contributed by atoms with Gasteiger partial charge in [-0.25, -0.2) is 18.9 Å². The van der Waals surface area contributed by atoms with Crippen LogP contribution >= 0.6 is 11.8 Å². The van der Waals surface area contributed by atoms with Crippen LogP contribution in [0.5, 0.6) is 0 Å². The summed E-state index contributed by atoms with van der Waals surface area (Å²) in [6.45, 7) is 1.92. The van der Waals surface area contributed by atoms with E-state index in [1.165, 1.54) is 28.8 Å². The Kier molecular flexibility index (Phi) is 6.60. The number of nitrogens with one attached hydrogen (secondary N) is 1. The first kappa shape index (κ1) is 23.4. The van der Waals surface area contributed by atoms with E-state index < -0.39 is 11.1 Å². The zero-order valence-corrected chi connectivity index (χ0v) is 20.1. The molecule has 2 aromatic heterocycles. The lowest BCUT2D eigenvalue weighted by Crippen LogP contribution is -2.25. The van der Waals surface area contributed by atoms with Gasteiger partial charge in [0.05, 0.1) is 10.9 Å². The molecule has 0 aliphatic heterocycles. The quantitative estimate of drug-likeness (QED) is 0.241. The van der Waals surface area contributed by atoms with Crippen LogP contribution < -0.4 is 10.9 Å². The number of carbonyl (C=O) groups is 1. The number of benzene rings is 3. The van der Waals surface area contributed by atoms with E-state index in [1.807, 2.05) is 49.4 Å². The summed E-state index contributed by atoms with van der Waals surface area (Å²) in [5.41, 5.74) is 2.39. The molecule has 1 atom stereocenters. The number of amides is 1. The number of halogens is 1. The number of fused-ring (bicyclic) bond motifs is 1. The Bertz CT molecular complexity index is 1600. The van der Waals surface area contributed by atoms with Crippen LogP contribution in [0.4, 0.5) is 10.1 Å². The van der Waals surface area contributed by atoms with Crippen molar-refractivity contribution < 1.29 is 9.18 Å². The predicted molar refractivity (Wildman–Crippen MR) is 140 cm³/mol. The maximum absolute atomic E-state index is 13.6. The van der Waals surface area contributed by atoms with Crippen molar-refractivity contribution in [3.63, 3.8) is 0 Å². The molecule has 5 aromatic rings. The molecule has 3 aromatic carbocycles. The number of aryl methyl sites for hydroxylation is 1. The highest BCUT2D eigenvalue weighted by atomic mass is 32.2. The second-order valence-corrected chi connectivity index (χ2v) is 9.22. The monoisotopic (exact) mass is 496 g/mol. The largest absolute Gasteiger partial charge is 0.325 e. The molecule has 0 spiro atoms. The van der Waals surface area contributed by atoms with E-state index in [9.17, 15) is 14.0 Å². The number of nitrogens with zero attached hydrogens (tertiary/aromatic N) is 3. The molecule has 8 heteroatoms. The lowest BCUT2D eigenvalue weighted by atomic mass is 10.1. The second kappa shape index (κ2) is 10.1. The summed E-state index contributed by atoms with van der Waals surface area (Å²) in [7, 11) is 0. The minimum atomic E-state index is -0.750. The highest BCUT2D eigenvalue weighted by molar-refractivity contribution is 8.00. The van der Waals surface area contributed by atoms with E-state index >= 15 is 0 Å². The molecule has 178 valence electrons. The van der Waals surface area contributed by atoms with Crippen molar-refractivity contribution in [1.82, 2.24) is 14.5 Å². The fourth-order valence-corrected chi connectivity index (χ4v) is 4.89. The average Bonchev–Trinajstić information content (AvgIpc) is 2.89. The van der Waals surface area contributed by atoms with Crippen LogP contribution in [0, 0.1) is 12.7 Å². The maximum Gasteiger partial charge on any atom is 0.267 e.